The molecular weight excluding hydrogens is 230 g/mol. The van der Waals surface area contributed by atoms with Crippen LogP contribution in [0.5, 0.6) is 5.75 Å². The van der Waals surface area contributed by atoms with Gasteiger partial charge in [-0.15, -0.1) is 0 Å². The van der Waals surface area contributed by atoms with Crippen molar-refractivity contribution in [1.82, 2.24) is 0 Å². The van der Waals surface area contributed by atoms with Gasteiger partial charge in [-0.3, -0.25) is 4.79 Å². The molecular formula is C11H14F2N2O2. The summed E-state index contributed by atoms with van der Waals surface area (Å²) < 4.78 is 28.5. The highest BCUT2D eigenvalue weighted by Gasteiger charge is 2.15. The van der Waals surface area contributed by atoms with E-state index in [4.69, 9.17) is 5.73 Å². The Balaban J connectivity index is 2.79. The van der Waals surface area contributed by atoms with Gasteiger partial charge in [-0.2, -0.15) is 8.78 Å². The molecule has 1 amide bonds. The molecule has 0 unspecified atom stereocenters. The van der Waals surface area contributed by atoms with Crippen molar-refractivity contribution < 1.29 is 18.3 Å². The molecule has 0 aliphatic rings. The standard InChI is InChI=1S/C11H14F2N2O2/c1-2-7(14)10(16)15-8-5-3-4-6-9(8)17-11(12)13/h3-7,11H,2,14H2,1H3,(H,15,16)/t7-/m1/s1. The van der Waals surface area contributed by atoms with Crippen molar-refractivity contribution in [2.75, 3.05) is 5.32 Å². The predicted octanol–water partition coefficient (Wildman–Crippen LogP) is 1.96. The molecule has 0 saturated carbocycles. The number of halogens is 2. The average Bonchev–Trinajstić information content (AvgIpc) is 2.29. The minimum atomic E-state index is -2.94. The molecule has 0 fully saturated rings. The van der Waals surface area contributed by atoms with Crippen molar-refractivity contribution in [3.05, 3.63) is 24.3 Å². The molecule has 94 valence electrons. The molecule has 17 heavy (non-hydrogen) atoms. The van der Waals surface area contributed by atoms with Crippen LogP contribution in [0.1, 0.15) is 13.3 Å². The smallest absolute Gasteiger partial charge is 0.387 e. The zero-order valence-corrected chi connectivity index (χ0v) is 9.32. The summed E-state index contributed by atoms with van der Waals surface area (Å²) in [6.45, 7) is -1.18. The highest BCUT2D eigenvalue weighted by molar-refractivity contribution is 5.95. The van der Waals surface area contributed by atoms with Gasteiger partial charge in [0.1, 0.15) is 5.75 Å². The fourth-order valence-corrected chi connectivity index (χ4v) is 1.18. The van der Waals surface area contributed by atoms with Gasteiger partial charge in [-0.1, -0.05) is 19.1 Å². The molecule has 0 aliphatic heterocycles. The highest BCUT2D eigenvalue weighted by atomic mass is 19.3. The van der Waals surface area contributed by atoms with E-state index in [1.807, 2.05) is 0 Å². The molecule has 4 nitrogen and oxygen atoms in total. The van der Waals surface area contributed by atoms with Gasteiger partial charge in [-0.05, 0) is 18.6 Å². The number of hydrogen-bond donors (Lipinski definition) is 2. The van der Waals surface area contributed by atoms with E-state index in [2.05, 4.69) is 10.1 Å². The van der Waals surface area contributed by atoms with Crippen LogP contribution < -0.4 is 15.8 Å². The Morgan fingerprint density at radius 1 is 1.47 bits per heavy atom. The quantitative estimate of drug-likeness (QED) is 0.832. The number of para-hydroxylation sites is 2. The first-order chi connectivity index (χ1) is 8.04. The minimum Gasteiger partial charge on any atom is -0.433 e. The van der Waals surface area contributed by atoms with Gasteiger partial charge in [0.15, 0.2) is 0 Å². The molecule has 1 aromatic carbocycles. The number of carbonyl (C=O) groups is 1. The van der Waals surface area contributed by atoms with Crippen LogP contribution in [0.2, 0.25) is 0 Å². The maximum atomic E-state index is 12.1. The summed E-state index contributed by atoms with van der Waals surface area (Å²) in [5.74, 6) is -0.517. The fourth-order valence-electron chi connectivity index (χ4n) is 1.18. The lowest BCUT2D eigenvalue weighted by molar-refractivity contribution is -0.117. The number of hydrogen-bond acceptors (Lipinski definition) is 3. The van der Waals surface area contributed by atoms with E-state index in [0.29, 0.717) is 6.42 Å². The third kappa shape index (κ3) is 3.99. The Bertz CT molecular complexity index is 385. The molecule has 0 aromatic heterocycles. The molecule has 0 saturated heterocycles. The number of alkyl halides is 2. The number of benzene rings is 1. The molecule has 0 radical (unpaired) electrons. The number of nitrogens with one attached hydrogen (secondary N) is 1. The van der Waals surface area contributed by atoms with Gasteiger partial charge in [0.2, 0.25) is 5.91 Å². The summed E-state index contributed by atoms with van der Waals surface area (Å²) in [5.41, 5.74) is 5.70. The summed E-state index contributed by atoms with van der Waals surface area (Å²) in [6, 6.07) is 5.28. The molecule has 0 heterocycles. The second kappa shape index (κ2) is 6.15. The monoisotopic (exact) mass is 244 g/mol. The topological polar surface area (TPSA) is 64.4 Å². The molecule has 0 spiro atoms. The Kier molecular flexibility index (Phi) is 4.84. The molecule has 6 heteroatoms. The Morgan fingerprint density at radius 2 is 2.12 bits per heavy atom. The maximum absolute atomic E-state index is 12.1. The van der Waals surface area contributed by atoms with E-state index in [1.54, 1.807) is 13.0 Å². The summed E-state index contributed by atoms with van der Waals surface area (Å²) in [4.78, 5) is 11.5. The van der Waals surface area contributed by atoms with Crippen LogP contribution >= 0.6 is 0 Å². The van der Waals surface area contributed by atoms with Crippen molar-refractivity contribution in [2.45, 2.75) is 26.0 Å². The SMILES string of the molecule is CC[C@@H](N)C(=O)Nc1ccccc1OC(F)F. The van der Waals surface area contributed by atoms with Gasteiger partial charge >= 0.3 is 6.61 Å². The number of ether oxygens (including phenoxy) is 1. The average molecular weight is 244 g/mol. The zero-order valence-electron chi connectivity index (χ0n) is 9.32. The number of rotatable bonds is 5. The van der Waals surface area contributed by atoms with Crippen molar-refractivity contribution in [2.24, 2.45) is 5.73 Å². The lowest BCUT2D eigenvalue weighted by Crippen LogP contribution is -2.34. The first kappa shape index (κ1) is 13.4. The van der Waals surface area contributed by atoms with Crippen molar-refractivity contribution in [3.63, 3.8) is 0 Å². The van der Waals surface area contributed by atoms with Crippen molar-refractivity contribution in [1.29, 1.82) is 0 Å². The Hall–Kier alpha value is -1.69. The number of nitrogens with two attached hydrogens (primary N) is 1. The second-order valence-corrected chi connectivity index (χ2v) is 3.38. The molecule has 1 aromatic rings. The summed E-state index contributed by atoms with van der Waals surface area (Å²) >= 11 is 0. The second-order valence-electron chi connectivity index (χ2n) is 3.38. The van der Waals surface area contributed by atoms with E-state index in [1.165, 1.54) is 18.2 Å². The fraction of sp³-hybridized carbons (Fsp3) is 0.364. The van der Waals surface area contributed by atoms with Crippen LogP contribution in [0, 0.1) is 0 Å². The Morgan fingerprint density at radius 3 is 2.71 bits per heavy atom. The van der Waals surface area contributed by atoms with E-state index >= 15 is 0 Å². The summed E-state index contributed by atoms with van der Waals surface area (Å²) in [5, 5.41) is 2.44. The van der Waals surface area contributed by atoms with Crippen LogP contribution in [0.3, 0.4) is 0 Å². The largest absolute Gasteiger partial charge is 0.433 e. The van der Waals surface area contributed by atoms with Gasteiger partial charge in [-0.25, -0.2) is 0 Å². The highest BCUT2D eigenvalue weighted by Crippen LogP contribution is 2.25. The van der Waals surface area contributed by atoms with Gasteiger partial charge in [0, 0.05) is 0 Å². The van der Waals surface area contributed by atoms with E-state index < -0.39 is 18.6 Å². The van der Waals surface area contributed by atoms with Crippen molar-refractivity contribution in [3.8, 4) is 5.75 Å². The lowest BCUT2D eigenvalue weighted by atomic mass is 10.2. The van der Waals surface area contributed by atoms with E-state index in [0.717, 1.165) is 0 Å². The third-order valence-corrected chi connectivity index (χ3v) is 2.14. The predicted molar refractivity (Wildman–Crippen MR) is 60.0 cm³/mol. The summed E-state index contributed by atoms with van der Waals surface area (Å²) in [7, 11) is 0. The molecule has 1 atom stereocenters. The number of amides is 1. The van der Waals surface area contributed by atoms with Crippen LogP contribution in [-0.4, -0.2) is 18.6 Å². The lowest BCUT2D eigenvalue weighted by Gasteiger charge is -2.13. The number of anilines is 1. The molecule has 1 rings (SSSR count). The van der Waals surface area contributed by atoms with Crippen LogP contribution in [0.15, 0.2) is 24.3 Å². The van der Waals surface area contributed by atoms with Gasteiger partial charge in [0.05, 0.1) is 11.7 Å². The number of carbonyl (C=O) groups excluding carboxylic acids is 1. The normalized spacial score (nSPS) is 12.3. The summed E-state index contributed by atoms with van der Waals surface area (Å²) in [6.07, 6.45) is 0.462. The van der Waals surface area contributed by atoms with Crippen LogP contribution in [-0.2, 0) is 4.79 Å². The molecule has 3 N–H and O–H groups in total. The van der Waals surface area contributed by atoms with Gasteiger partial charge < -0.3 is 15.8 Å². The van der Waals surface area contributed by atoms with Gasteiger partial charge in [0.25, 0.3) is 0 Å². The first-order valence-electron chi connectivity index (χ1n) is 5.15. The van der Waals surface area contributed by atoms with Crippen LogP contribution in [0.4, 0.5) is 14.5 Å². The van der Waals surface area contributed by atoms with Crippen molar-refractivity contribution >= 4 is 11.6 Å². The third-order valence-electron chi connectivity index (χ3n) is 2.14. The van der Waals surface area contributed by atoms with E-state index in [9.17, 15) is 13.6 Å². The molecule has 0 aliphatic carbocycles. The zero-order chi connectivity index (χ0) is 12.8. The Labute approximate surface area is 97.8 Å². The first-order valence-corrected chi connectivity index (χ1v) is 5.15. The van der Waals surface area contributed by atoms with Crippen LogP contribution in [0.25, 0.3) is 0 Å². The molecule has 0 bridgehead atoms. The maximum Gasteiger partial charge on any atom is 0.387 e. The minimum absolute atomic E-state index is 0.0841. The van der Waals surface area contributed by atoms with E-state index in [-0.39, 0.29) is 11.4 Å².